The molecular formula is C33H34BrN3O4. The van der Waals surface area contributed by atoms with Gasteiger partial charge in [0.2, 0.25) is 5.91 Å². The molecule has 1 heterocycles. The molecule has 212 valence electrons. The number of hydrogen-bond donors (Lipinski definition) is 2. The number of benzene rings is 3. The number of esters is 1. The molecule has 0 saturated heterocycles. The van der Waals surface area contributed by atoms with Gasteiger partial charge in [0.15, 0.2) is 0 Å². The first-order valence-corrected chi connectivity index (χ1v) is 14.9. The minimum atomic E-state index is -0.840. The highest BCUT2D eigenvalue weighted by atomic mass is 79.9. The van der Waals surface area contributed by atoms with Gasteiger partial charge in [0, 0.05) is 22.4 Å². The molecule has 1 aromatic heterocycles. The zero-order chi connectivity index (χ0) is 28.8. The van der Waals surface area contributed by atoms with Crippen LogP contribution in [0.2, 0.25) is 0 Å². The van der Waals surface area contributed by atoms with Gasteiger partial charge in [0.25, 0.3) is 5.56 Å². The summed E-state index contributed by atoms with van der Waals surface area (Å²) in [5.74, 6) is -0.904. The SMILES string of the molecule is CCOC(=O)c1c(N(Cc2ccccc2)C(C(=O)NC2CCCCC2)c2cccc(Br)c2)c2ccccc2[nH]c1=O. The lowest BCUT2D eigenvalue weighted by Gasteiger charge is -2.36. The van der Waals surface area contributed by atoms with Crippen LogP contribution in [0.3, 0.4) is 0 Å². The van der Waals surface area contributed by atoms with E-state index in [1.54, 1.807) is 13.0 Å². The van der Waals surface area contributed by atoms with E-state index in [9.17, 15) is 14.4 Å². The summed E-state index contributed by atoms with van der Waals surface area (Å²) in [4.78, 5) is 46.1. The fourth-order valence-corrected chi connectivity index (χ4v) is 6.09. The predicted octanol–water partition coefficient (Wildman–Crippen LogP) is 6.66. The molecule has 0 aliphatic heterocycles. The number of rotatable bonds is 9. The number of halogens is 1. The largest absolute Gasteiger partial charge is 0.462 e. The van der Waals surface area contributed by atoms with E-state index in [1.807, 2.05) is 77.7 Å². The van der Waals surface area contributed by atoms with Crippen LogP contribution in [0.25, 0.3) is 10.9 Å². The fraction of sp³-hybridized carbons (Fsp3) is 0.303. The van der Waals surface area contributed by atoms with Gasteiger partial charge in [-0.25, -0.2) is 4.79 Å². The molecule has 0 bridgehead atoms. The van der Waals surface area contributed by atoms with E-state index in [4.69, 9.17) is 4.74 Å². The first-order valence-electron chi connectivity index (χ1n) is 14.1. The minimum absolute atomic E-state index is 0.0740. The molecule has 2 N–H and O–H groups in total. The maximum absolute atomic E-state index is 14.4. The van der Waals surface area contributed by atoms with Gasteiger partial charge in [-0.3, -0.25) is 9.59 Å². The lowest BCUT2D eigenvalue weighted by Crippen LogP contribution is -2.46. The molecule has 1 amide bonds. The summed E-state index contributed by atoms with van der Waals surface area (Å²) in [5, 5.41) is 3.96. The third-order valence-electron chi connectivity index (χ3n) is 7.53. The maximum Gasteiger partial charge on any atom is 0.345 e. The van der Waals surface area contributed by atoms with Crippen molar-refractivity contribution in [1.82, 2.24) is 10.3 Å². The fourth-order valence-electron chi connectivity index (χ4n) is 5.67. The van der Waals surface area contributed by atoms with Crippen LogP contribution in [0.1, 0.15) is 66.6 Å². The van der Waals surface area contributed by atoms with Gasteiger partial charge in [-0.15, -0.1) is 0 Å². The van der Waals surface area contributed by atoms with Gasteiger partial charge in [-0.05, 0) is 49.1 Å². The van der Waals surface area contributed by atoms with Crippen molar-refractivity contribution >= 4 is 44.4 Å². The summed E-state index contributed by atoms with van der Waals surface area (Å²) >= 11 is 3.58. The van der Waals surface area contributed by atoms with Gasteiger partial charge < -0.3 is 19.9 Å². The molecule has 1 saturated carbocycles. The Kier molecular flexibility index (Phi) is 9.19. The molecule has 1 aliphatic carbocycles. The van der Waals surface area contributed by atoms with Crippen molar-refractivity contribution in [3.63, 3.8) is 0 Å². The molecule has 0 radical (unpaired) electrons. The summed E-state index contributed by atoms with van der Waals surface area (Å²) in [6.45, 7) is 2.09. The molecule has 41 heavy (non-hydrogen) atoms. The van der Waals surface area contributed by atoms with Crippen molar-refractivity contribution in [2.75, 3.05) is 11.5 Å². The molecule has 0 spiro atoms. The van der Waals surface area contributed by atoms with E-state index in [-0.39, 0.29) is 30.7 Å². The smallest absolute Gasteiger partial charge is 0.345 e. The second-order valence-corrected chi connectivity index (χ2v) is 11.3. The van der Waals surface area contributed by atoms with Gasteiger partial charge in [-0.1, -0.05) is 95.9 Å². The van der Waals surface area contributed by atoms with Gasteiger partial charge in [-0.2, -0.15) is 0 Å². The van der Waals surface area contributed by atoms with Gasteiger partial charge in [0.1, 0.15) is 11.6 Å². The van der Waals surface area contributed by atoms with Crippen molar-refractivity contribution in [3.8, 4) is 0 Å². The summed E-state index contributed by atoms with van der Waals surface area (Å²) in [6, 6.07) is 24.0. The number of H-pyrrole nitrogens is 1. The second kappa shape index (κ2) is 13.2. The molecule has 1 fully saturated rings. The highest BCUT2D eigenvalue weighted by Gasteiger charge is 2.35. The van der Waals surface area contributed by atoms with Gasteiger partial charge >= 0.3 is 5.97 Å². The Balaban J connectivity index is 1.77. The third-order valence-corrected chi connectivity index (χ3v) is 8.03. The topological polar surface area (TPSA) is 91.5 Å². The van der Waals surface area contributed by atoms with E-state index < -0.39 is 17.6 Å². The molecule has 5 rings (SSSR count). The predicted molar refractivity (Wildman–Crippen MR) is 165 cm³/mol. The van der Waals surface area contributed by atoms with Crippen LogP contribution in [-0.4, -0.2) is 29.5 Å². The average molecular weight is 617 g/mol. The van der Waals surface area contributed by atoms with Crippen LogP contribution in [0.15, 0.2) is 88.1 Å². The van der Waals surface area contributed by atoms with Crippen LogP contribution < -0.4 is 15.8 Å². The Morgan fingerprint density at radius 2 is 1.73 bits per heavy atom. The van der Waals surface area contributed by atoms with Crippen LogP contribution in [0.4, 0.5) is 5.69 Å². The zero-order valence-electron chi connectivity index (χ0n) is 23.1. The van der Waals surface area contributed by atoms with Crippen molar-refractivity contribution < 1.29 is 14.3 Å². The molecule has 1 aliphatic rings. The van der Waals surface area contributed by atoms with Crippen LogP contribution >= 0.6 is 15.9 Å². The van der Waals surface area contributed by atoms with Crippen molar-refractivity contribution in [3.05, 3.63) is 110 Å². The Hall–Kier alpha value is -3.91. The Morgan fingerprint density at radius 1 is 1.00 bits per heavy atom. The van der Waals surface area contributed by atoms with Crippen LogP contribution in [0.5, 0.6) is 0 Å². The first-order chi connectivity index (χ1) is 20.0. The highest BCUT2D eigenvalue weighted by Crippen LogP contribution is 2.37. The van der Waals surface area contributed by atoms with Crippen molar-refractivity contribution in [1.29, 1.82) is 0 Å². The lowest BCUT2D eigenvalue weighted by molar-refractivity contribution is -0.123. The maximum atomic E-state index is 14.4. The monoisotopic (exact) mass is 615 g/mol. The summed E-state index contributed by atoms with van der Waals surface area (Å²) in [7, 11) is 0. The van der Waals surface area contributed by atoms with Crippen molar-refractivity contribution in [2.45, 2.75) is 57.7 Å². The number of carbonyl (C=O) groups is 2. The number of anilines is 1. The van der Waals surface area contributed by atoms with Crippen LogP contribution in [-0.2, 0) is 16.1 Å². The number of nitrogens with one attached hydrogen (secondary N) is 2. The lowest BCUT2D eigenvalue weighted by atomic mass is 9.94. The quantitative estimate of drug-likeness (QED) is 0.205. The number of aromatic nitrogens is 1. The Labute approximate surface area is 248 Å². The Morgan fingerprint density at radius 3 is 2.46 bits per heavy atom. The summed E-state index contributed by atoms with van der Waals surface area (Å²) in [5.41, 5.74) is 1.93. The second-order valence-electron chi connectivity index (χ2n) is 10.4. The molecule has 8 heteroatoms. The number of aromatic amines is 1. The summed E-state index contributed by atoms with van der Waals surface area (Å²) < 4.78 is 6.22. The minimum Gasteiger partial charge on any atom is -0.462 e. The van der Waals surface area contributed by atoms with E-state index in [1.165, 1.54) is 6.42 Å². The summed E-state index contributed by atoms with van der Waals surface area (Å²) in [6.07, 6.45) is 5.18. The average Bonchev–Trinajstić information content (AvgIpc) is 2.97. The molecule has 1 atom stereocenters. The number of hydrogen-bond acceptors (Lipinski definition) is 5. The number of amides is 1. The number of pyridine rings is 1. The van der Waals surface area contributed by atoms with E-state index in [0.717, 1.165) is 41.3 Å². The molecule has 4 aromatic rings. The van der Waals surface area contributed by atoms with E-state index in [0.29, 0.717) is 16.6 Å². The van der Waals surface area contributed by atoms with E-state index in [2.05, 4.69) is 26.2 Å². The standard InChI is InChI=1S/C33H34BrN3O4/c1-2-41-33(40)28-30(26-18-9-10-19-27(26)36-31(28)38)37(21-22-12-5-3-6-13-22)29(23-14-11-15-24(34)20-23)32(39)35-25-16-7-4-8-17-25/h3,5-6,9-15,18-20,25,29H,2,4,7-8,16-17,21H2,1H3,(H,35,39)(H,36,38). The highest BCUT2D eigenvalue weighted by molar-refractivity contribution is 9.10. The Bertz CT molecular complexity index is 1580. The van der Waals surface area contributed by atoms with Crippen molar-refractivity contribution in [2.24, 2.45) is 0 Å². The number of ether oxygens (including phenoxy) is 1. The molecule has 3 aromatic carbocycles. The molecule has 1 unspecified atom stereocenters. The first kappa shape index (κ1) is 28.6. The number of nitrogens with zero attached hydrogens (tertiary/aromatic N) is 1. The number of para-hydroxylation sites is 1. The van der Waals surface area contributed by atoms with E-state index >= 15 is 0 Å². The molecular weight excluding hydrogens is 582 g/mol. The third kappa shape index (κ3) is 6.54. The molecule has 7 nitrogen and oxygen atoms in total. The number of carbonyl (C=O) groups excluding carboxylic acids is 2. The number of fused-ring (bicyclic) bond motifs is 1. The zero-order valence-corrected chi connectivity index (χ0v) is 24.7. The van der Waals surface area contributed by atoms with Gasteiger partial charge in [0.05, 0.1) is 17.8 Å². The van der Waals surface area contributed by atoms with Crippen LogP contribution in [0, 0.1) is 0 Å². The normalized spacial score (nSPS) is 14.4.